The van der Waals surface area contributed by atoms with Crippen molar-refractivity contribution in [2.45, 2.75) is 32.6 Å². The van der Waals surface area contributed by atoms with Gasteiger partial charge >= 0.3 is 0 Å². The second-order valence-electron chi connectivity index (χ2n) is 5.28. The highest BCUT2D eigenvalue weighted by molar-refractivity contribution is 6.30. The first-order valence-electron chi connectivity index (χ1n) is 7.35. The second kappa shape index (κ2) is 7.53. The number of benzene rings is 1. The number of hydrogen-bond acceptors (Lipinski definition) is 2. The average Bonchev–Trinajstić information content (AvgIpc) is 2.49. The summed E-state index contributed by atoms with van der Waals surface area (Å²) in [5.74, 6) is 1.75. The van der Waals surface area contributed by atoms with Crippen molar-refractivity contribution in [1.82, 2.24) is 4.90 Å². The molecule has 1 aromatic rings. The van der Waals surface area contributed by atoms with Gasteiger partial charge in [-0.15, -0.1) is 0 Å². The highest BCUT2D eigenvalue weighted by Gasteiger charge is 2.21. The largest absolute Gasteiger partial charge is 0.493 e. The zero-order chi connectivity index (χ0) is 14.4. The summed E-state index contributed by atoms with van der Waals surface area (Å²) in [6, 6.07) is 7.21. The van der Waals surface area contributed by atoms with Crippen molar-refractivity contribution in [3.8, 4) is 5.75 Å². The molecule has 0 N–H and O–H groups in total. The lowest BCUT2D eigenvalue weighted by atomic mass is 9.94. The zero-order valence-electron chi connectivity index (χ0n) is 12.0. The fraction of sp³-hybridized carbons (Fsp3) is 0.562. The summed E-state index contributed by atoms with van der Waals surface area (Å²) < 4.78 is 5.56. The first-order valence-corrected chi connectivity index (χ1v) is 7.73. The second-order valence-corrected chi connectivity index (χ2v) is 5.72. The molecule has 110 valence electrons. The molecule has 2 rings (SSSR count). The molecule has 0 spiro atoms. The highest BCUT2D eigenvalue weighted by Crippen LogP contribution is 2.20. The van der Waals surface area contributed by atoms with E-state index < -0.39 is 0 Å². The van der Waals surface area contributed by atoms with Crippen LogP contribution in [-0.2, 0) is 4.79 Å². The lowest BCUT2D eigenvalue weighted by Crippen LogP contribution is -2.38. The minimum atomic E-state index is 0.202. The van der Waals surface area contributed by atoms with Crippen molar-refractivity contribution >= 4 is 17.5 Å². The molecule has 1 aliphatic heterocycles. The molecule has 0 atom stereocenters. The monoisotopic (exact) mass is 295 g/mol. The van der Waals surface area contributed by atoms with E-state index in [4.69, 9.17) is 16.3 Å². The van der Waals surface area contributed by atoms with Crippen molar-refractivity contribution in [2.24, 2.45) is 5.92 Å². The normalized spacial score (nSPS) is 16.2. The molecular formula is C16H22ClNO2. The first-order chi connectivity index (χ1) is 9.69. The van der Waals surface area contributed by atoms with Crippen LogP contribution in [0.3, 0.4) is 0 Å². The lowest BCUT2D eigenvalue weighted by molar-refractivity contribution is -0.133. The molecule has 1 aliphatic rings. The Labute approximate surface area is 125 Å². The van der Waals surface area contributed by atoms with Crippen molar-refractivity contribution in [2.75, 3.05) is 19.7 Å². The van der Waals surface area contributed by atoms with Crippen LogP contribution in [0, 0.1) is 5.92 Å². The molecule has 1 aromatic carbocycles. The third-order valence-electron chi connectivity index (χ3n) is 3.94. The summed E-state index contributed by atoms with van der Waals surface area (Å²) in [7, 11) is 0. The smallest absolute Gasteiger partial charge is 0.225 e. The van der Waals surface area contributed by atoms with Crippen LogP contribution >= 0.6 is 11.6 Å². The SMILES string of the molecule is CCC1CCN(C(=O)CCOc2ccc(Cl)cc2)CC1. The number of carbonyl (C=O) groups excluding carboxylic acids is 1. The number of nitrogens with zero attached hydrogens (tertiary/aromatic N) is 1. The summed E-state index contributed by atoms with van der Waals surface area (Å²) in [6.45, 7) is 4.45. The molecule has 4 heteroatoms. The Bertz CT molecular complexity index is 425. The number of piperidine rings is 1. The van der Waals surface area contributed by atoms with E-state index in [0.29, 0.717) is 18.1 Å². The zero-order valence-corrected chi connectivity index (χ0v) is 12.7. The minimum Gasteiger partial charge on any atom is -0.493 e. The van der Waals surface area contributed by atoms with Crippen LogP contribution in [0.2, 0.25) is 5.02 Å². The highest BCUT2D eigenvalue weighted by atomic mass is 35.5. The number of carbonyl (C=O) groups is 1. The number of ether oxygens (including phenoxy) is 1. The van der Waals surface area contributed by atoms with E-state index in [1.165, 1.54) is 6.42 Å². The summed E-state index contributed by atoms with van der Waals surface area (Å²) in [5, 5.41) is 0.687. The maximum Gasteiger partial charge on any atom is 0.225 e. The summed E-state index contributed by atoms with van der Waals surface area (Å²) in [5.41, 5.74) is 0. The molecule has 0 saturated carbocycles. The van der Waals surface area contributed by atoms with Gasteiger partial charge in [0, 0.05) is 18.1 Å². The van der Waals surface area contributed by atoms with E-state index in [2.05, 4.69) is 6.92 Å². The molecule has 1 amide bonds. The standard InChI is InChI=1S/C16H22ClNO2/c1-2-13-7-10-18(11-8-13)16(19)9-12-20-15-5-3-14(17)4-6-15/h3-6,13H,2,7-12H2,1H3. The van der Waals surface area contributed by atoms with E-state index in [0.717, 1.165) is 37.6 Å². The van der Waals surface area contributed by atoms with Crippen LogP contribution in [0.1, 0.15) is 32.6 Å². The third-order valence-corrected chi connectivity index (χ3v) is 4.19. The van der Waals surface area contributed by atoms with E-state index in [-0.39, 0.29) is 5.91 Å². The van der Waals surface area contributed by atoms with Crippen LogP contribution in [0.25, 0.3) is 0 Å². The van der Waals surface area contributed by atoms with Gasteiger partial charge in [-0.25, -0.2) is 0 Å². The molecule has 0 aliphatic carbocycles. The molecule has 0 aromatic heterocycles. The van der Waals surface area contributed by atoms with E-state index in [1.807, 2.05) is 17.0 Å². The molecule has 0 bridgehead atoms. The Morgan fingerprint density at radius 3 is 2.55 bits per heavy atom. The van der Waals surface area contributed by atoms with Gasteiger partial charge in [-0.2, -0.15) is 0 Å². The first kappa shape index (κ1) is 15.2. The van der Waals surface area contributed by atoms with Crippen molar-refractivity contribution < 1.29 is 9.53 Å². The van der Waals surface area contributed by atoms with Gasteiger partial charge in [-0.3, -0.25) is 4.79 Å². The van der Waals surface area contributed by atoms with Crippen molar-refractivity contribution in [1.29, 1.82) is 0 Å². The molecule has 0 radical (unpaired) electrons. The topological polar surface area (TPSA) is 29.5 Å². The van der Waals surface area contributed by atoms with Gasteiger partial charge in [0.05, 0.1) is 13.0 Å². The summed E-state index contributed by atoms with van der Waals surface area (Å²) in [6.07, 6.45) is 3.95. The van der Waals surface area contributed by atoms with E-state index in [9.17, 15) is 4.79 Å². The molecule has 1 heterocycles. The third kappa shape index (κ3) is 4.41. The summed E-state index contributed by atoms with van der Waals surface area (Å²) >= 11 is 5.81. The number of rotatable bonds is 5. The Balaban J connectivity index is 1.69. The predicted molar refractivity (Wildman–Crippen MR) is 81.2 cm³/mol. The molecule has 1 fully saturated rings. The minimum absolute atomic E-state index is 0.202. The molecule has 0 unspecified atom stereocenters. The van der Waals surface area contributed by atoms with Gasteiger partial charge in [0.1, 0.15) is 5.75 Å². The van der Waals surface area contributed by atoms with Crippen molar-refractivity contribution in [3.05, 3.63) is 29.3 Å². The Hall–Kier alpha value is -1.22. The number of amides is 1. The van der Waals surface area contributed by atoms with Gasteiger partial charge in [0.25, 0.3) is 0 Å². The van der Waals surface area contributed by atoms with Crippen LogP contribution in [-0.4, -0.2) is 30.5 Å². The number of likely N-dealkylation sites (tertiary alicyclic amines) is 1. The van der Waals surface area contributed by atoms with Crippen LogP contribution in [0.5, 0.6) is 5.75 Å². The maximum absolute atomic E-state index is 12.1. The molecule has 20 heavy (non-hydrogen) atoms. The Kier molecular flexibility index (Phi) is 5.72. The van der Waals surface area contributed by atoms with Gasteiger partial charge in [0.15, 0.2) is 0 Å². The fourth-order valence-corrected chi connectivity index (χ4v) is 2.66. The van der Waals surface area contributed by atoms with Crippen LogP contribution < -0.4 is 4.74 Å². The van der Waals surface area contributed by atoms with Gasteiger partial charge < -0.3 is 9.64 Å². The van der Waals surface area contributed by atoms with Gasteiger partial charge in [0.2, 0.25) is 5.91 Å². The van der Waals surface area contributed by atoms with E-state index in [1.54, 1.807) is 12.1 Å². The van der Waals surface area contributed by atoms with E-state index >= 15 is 0 Å². The molecule has 3 nitrogen and oxygen atoms in total. The maximum atomic E-state index is 12.1. The molecule has 1 saturated heterocycles. The van der Waals surface area contributed by atoms with Gasteiger partial charge in [-0.1, -0.05) is 24.9 Å². The fourth-order valence-electron chi connectivity index (χ4n) is 2.54. The predicted octanol–water partition coefficient (Wildman–Crippen LogP) is 3.76. The van der Waals surface area contributed by atoms with Gasteiger partial charge in [-0.05, 0) is 43.0 Å². The van der Waals surface area contributed by atoms with Crippen LogP contribution in [0.4, 0.5) is 0 Å². The van der Waals surface area contributed by atoms with Crippen molar-refractivity contribution in [3.63, 3.8) is 0 Å². The molecular weight excluding hydrogens is 274 g/mol. The number of hydrogen-bond donors (Lipinski definition) is 0. The number of halogens is 1. The lowest BCUT2D eigenvalue weighted by Gasteiger charge is -2.31. The quantitative estimate of drug-likeness (QED) is 0.828. The average molecular weight is 296 g/mol. The summed E-state index contributed by atoms with van der Waals surface area (Å²) in [4.78, 5) is 14.0. The Morgan fingerprint density at radius 1 is 1.30 bits per heavy atom. The Morgan fingerprint density at radius 2 is 1.95 bits per heavy atom. The van der Waals surface area contributed by atoms with Crippen LogP contribution in [0.15, 0.2) is 24.3 Å².